The monoisotopic (exact) mass is 567 g/mol. The number of amides is 1. The molecule has 4 aromatic rings. The van der Waals surface area contributed by atoms with Crippen LogP contribution in [-0.4, -0.2) is 43.6 Å². The topological polar surface area (TPSA) is 114 Å². The van der Waals surface area contributed by atoms with Gasteiger partial charge < -0.3 is 4.90 Å². The number of likely N-dealkylation sites (tertiary alicyclic amines) is 1. The summed E-state index contributed by atoms with van der Waals surface area (Å²) in [4.78, 5) is 48.6. The number of hydrogen-bond acceptors (Lipinski definition) is 6. The lowest BCUT2D eigenvalue weighted by Crippen LogP contribution is -2.38. The molecule has 2 fully saturated rings. The first-order valence-corrected chi connectivity index (χ1v) is 15.1. The van der Waals surface area contributed by atoms with Crippen molar-refractivity contribution in [1.29, 1.82) is 0 Å². The lowest BCUT2D eigenvalue weighted by Gasteiger charge is -2.22. The van der Waals surface area contributed by atoms with Crippen molar-refractivity contribution in [1.82, 2.24) is 24.6 Å². The lowest BCUT2D eigenvalue weighted by atomic mass is 9.82. The van der Waals surface area contributed by atoms with E-state index in [0.717, 1.165) is 54.0 Å². The number of benzene rings is 2. The Morgan fingerprint density at radius 2 is 1.69 bits per heavy atom. The summed E-state index contributed by atoms with van der Waals surface area (Å²) in [7, 11) is 0. The van der Waals surface area contributed by atoms with E-state index in [1.54, 1.807) is 11.5 Å². The summed E-state index contributed by atoms with van der Waals surface area (Å²) in [5.41, 5.74) is 4.00. The Morgan fingerprint density at radius 1 is 1.00 bits per heavy atom. The second kappa shape index (κ2) is 11.9. The molecule has 1 saturated heterocycles. The minimum absolute atomic E-state index is 0.173. The zero-order valence-electron chi connectivity index (χ0n) is 24.3. The lowest BCUT2D eigenvalue weighted by molar-refractivity contribution is 0.0780. The van der Waals surface area contributed by atoms with Crippen LogP contribution in [0.15, 0.2) is 62.6 Å². The predicted molar refractivity (Wildman–Crippen MR) is 160 cm³/mol. The van der Waals surface area contributed by atoms with Gasteiger partial charge in [-0.1, -0.05) is 79.9 Å². The number of hydrogen-bond donors (Lipinski definition) is 1. The van der Waals surface area contributed by atoms with Crippen LogP contribution in [0, 0.1) is 18.8 Å². The third-order valence-corrected chi connectivity index (χ3v) is 8.89. The number of aromatic amines is 1. The van der Waals surface area contributed by atoms with Crippen LogP contribution >= 0.6 is 0 Å². The van der Waals surface area contributed by atoms with Crippen LogP contribution in [-0.2, 0) is 13.0 Å². The number of carbonyl (C=O) groups excluding carboxylic acids is 1. The van der Waals surface area contributed by atoms with Crippen molar-refractivity contribution in [2.24, 2.45) is 11.8 Å². The first kappa shape index (κ1) is 27.9. The molecule has 1 saturated carbocycles. The fourth-order valence-electron chi connectivity index (χ4n) is 6.64. The molecule has 218 valence electrons. The van der Waals surface area contributed by atoms with Crippen LogP contribution < -0.4 is 11.3 Å². The summed E-state index contributed by atoms with van der Waals surface area (Å²) in [6.07, 6.45) is 7.37. The summed E-state index contributed by atoms with van der Waals surface area (Å²) in [5, 5.41) is 3.85. The van der Waals surface area contributed by atoms with Crippen LogP contribution in [0.4, 0.5) is 0 Å². The number of carbonyl (C=O) groups is 1. The first-order chi connectivity index (χ1) is 20.4. The average molecular weight is 568 g/mol. The molecule has 0 bridgehead atoms. The van der Waals surface area contributed by atoms with E-state index in [4.69, 9.17) is 9.51 Å². The van der Waals surface area contributed by atoms with E-state index in [1.807, 2.05) is 53.4 Å². The molecule has 0 spiro atoms. The number of H-pyrrole nitrogens is 1. The fourth-order valence-corrected chi connectivity index (χ4v) is 6.64. The molecule has 1 amide bonds. The van der Waals surface area contributed by atoms with Gasteiger partial charge in [0, 0.05) is 25.1 Å². The number of nitrogens with zero attached hydrogens (tertiary/aromatic N) is 4. The minimum atomic E-state index is -0.605. The normalized spacial score (nSPS) is 18.3. The summed E-state index contributed by atoms with van der Waals surface area (Å²) in [6, 6.07) is 15.6. The van der Waals surface area contributed by atoms with E-state index in [1.165, 1.54) is 25.7 Å². The van der Waals surface area contributed by atoms with Crippen molar-refractivity contribution in [2.75, 3.05) is 13.1 Å². The molecular formula is C33H37N5O4. The average Bonchev–Trinajstić information content (AvgIpc) is 3.64. The van der Waals surface area contributed by atoms with E-state index >= 15 is 0 Å². The molecule has 2 aromatic carbocycles. The van der Waals surface area contributed by atoms with Crippen molar-refractivity contribution < 1.29 is 9.32 Å². The molecule has 6 rings (SSSR count). The van der Waals surface area contributed by atoms with Crippen molar-refractivity contribution in [3.05, 3.63) is 92.1 Å². The Bertz CT molecular complexity index is 1690. The maximum absolute atomic E-state index is 14.0. The Morgan fingerprint density at radius 3 is 2.33 bits per heavy atom. The maximum atomic E-state index is 14.0. The summed E-state index contributed by atoms with van der Waals surface area (Å²) in [6.45, 7) is 5.72. The Kier molecular flexibility index (Phi) is 7.91. The van der Waals surface area contributed by atoms with Crippen molar-refractivity contribution in [3.8, 4) is 22.5 Å². The summed E-state index contributed by atoms with van der Waals surface area (Å²) in [5.74, 6) is 1.41. The highest BCUT2D eigenvalue weighted by Gasteiger charge is 2.38. The number of aryl methyl sites for hydroxylation is 2. The van der Waals surface area contributed by atoms with Gasteiger partial charge in [0.2, 0.25) is 0 Å². The molecular weight excluding hydrogens is 530 g/mol. The van der Waals surface area contributed by atoms with Gasteiger partial charge in [-0.3, -0.25) is 23.7 Å². The second-order valence-electron chi connectivity index (χ2n) is 11.7. The van der Waals surface area contributed by atoms with E-state index in [9.17, 15) is 14.4 Å². The van der Waals surface area contributed by atoms with Crippen LogP contribution in [0.3, 0.4) is 0 Å². The molecule has 1 N–H and O–H groups in total. The van der Waals surface area contributed by atoms with Gasteiger partial charge in [0.05, 0.1) is 12.2 Å². The van der Waals surface area contributed by atoms with Gasteiger partial charge in [-0.25, -0.2) is 9.78 Å². The number of rotatable bonds is 8. The van der Waals surface area contributed by atoms with Gasteiger partial charge in [0.15, 0.2) is 5.82 Å². The van der Waals surface area contributed by atoms with Gasteiger partial charge in [0.1, 0.15) is 11.4 Å². The molecule has 0 radical (unpaired) electrons. The molecule has 2 unspecified atom stereocenters. The van der Waals surface area contributed by atoms with Gasteiger partial charge in [-0.2, -0.15) is 0 Å². The number of nitrogens with one attached hydrogen (secondary N) is 1. The number of unbranched alkanes of at least 4 members (excludes halogenated alkanes) is 1. The van der Waals surface area contributed by atoms with Gasteiger partial charge in [-0.15, -0.1) is 0 Å². The van der Waals surface area contributed by atoms with E-state index in [0.29, 0.717) is 36.3 Å². The van der Waals surface area contributed by atoms with E-state index < -0.39 is 5.76 Å². The summed E-state index contributed by atoms with van der Waals surface area (Å²) >= 11 is 0. The fraction of sp³-hybridized carbons (Fsp3) is 0.424. The molecule has 2 aliphatic rings. The van der Waals surface area contributed by atoms with Gasteiger partial charge in [0.25, 0.3) is 11.5 Å². The highest BCUT2D eigenvalue weighted by Crippen LogP contribution is 2.36. The molecule has 9 nitrogen and oxygen atoms in total. The Hall–Kier alpha value is -4.27. The maximum Gasteiger partial charge on any atom is 0.439 e. The molecule has 3 heterocycles. The third-order valence-electron chi connectivity index (χ3n) is 8.89. The Labute approximate surface area is 244 Å². The zero-order valence-corrected chi connectivity index (χ0v) is 24.3. The molecule has 1 aliphatic carbocycles. The van der Waals surface area contributed by atoms with Crippen molar-refractivity contribution in [2.45, 2.75) is 65.3 Å². The molecule has 42 heavy (non-hydrogen) atoms. The molecule has 2 atom stereocenters. The quantitative estimate of drug-likeness (QED) is 0.313. The number of aromatic nitrogens is 4. The smallest absolute Gasteiger partial charge is 0.338 e. The largest absolute Gasteiger partial charge is 0.439 e. The summed E-state index contributed by atoms with van der Waals surface area (Å²) < 4.78 is 6.41. The minimum Gasteiger partial charge on any atom is -0.338 e. The van der Waals surface area contributed by atoms with E-state index in [-0.39, 0.29) is 17.0 Å². The highest BCUT2D eigenvalue weighted by atomic mass is 16.5. The Balaban J connectivity index is 1.30. The van der Waals surface area contributed by atoms with Crippen LogP contribution in [0.5, 0.6) is 0 Å². The zero-order chi connectivity index (χ0) is 29.2. The predicted octanol–water partition coefficient (Wildman–Crippen LogP) is 5.22. The van der Waals surface area contributed by atoms with Gasteiger partial charge >= 0.3 is 5.76 Å². The van der Waals surface area contributed by atoms with Crippen LogP contribution in [0.2, 0.25) is 0 Å². The first-order valence-electron chi connectivity index (χ1n) is 15.1. The van der Waals surface area contributed by atoms with Crippen molar-refractivity contribution >= 4 is 5.91 Å². The number of fused-ring (bicyclic) bond motifs is 1. The standard InChI is InChI=1S/C33H37N5O4/c1-3-4-13-28-34-21(2)29(31(39)37-19-24-9-5-6-10-25(24)20-37)32(40)38(28)18-22-14-16-23(17-15-22)26-11-7-8-12-27(26)30-35-33(41)42-36-30/h7-8,11-12,14-17,24-25H,3-6,9-10,13,18-20H2,1-2H3,(H,35,36,41). The highest BCUT2D eigenvalue weighted by molar-refractivity contribution is 5.95. The third kappa shape index (κ3) is 5.47. The second-order valence-corrected chi connectivity index (χ2v) is 11.7. The van der Waals surface area contributed by atoms with Gasteiger partial charge in [-0.05, 0) is 54.7 Å². The van der Waals surface area contributed by atoms with E-state index in [2.05, 4.69) is 17.1 Å². The molecule has 9 heteroatoms. The SMILES string of the molecule is CCCCc1nc(C)c(C(=O)N2CC3CCCCC3C2)c(=O)n1Cc1ccc(-c2ccccc2-c2noc(=O)[nH]2)cc1. The van der Waals surface area contributed by atoms with Crippen LogP contribution in [0.1, 0.15) is 72.9 Å². The molecule has 1 aliphatic heterocycles. The van der Waals surface area contributed by atoms with Crippen molar-refractivity contribution in [3.63, 3.8) is 0 Å². The molecule has 2 aromatic heterocycles. The van der Waals surface area contributed by atoms with Crippen LogP contribution in [0.25, 0.3) is 22.5 Å².